The molecule has 7 heteroatoms. The maximum atomic E-state index is 13.9. The number of piperazine rings is 1. The molecule has 1 saturated carbocycles. The van der Waals surface area contributed by atoms with E-state index in [0.29, 0.717) is 24.7 Å². The lowest BCUT2D eigenvalue weighted by molar-refractivity contribution is -0.166. The number of fused-ring (bicyclic) bond motifs is 5. The van der Waals surface area contributed by atoms with Crippen LogP contribution in [-0.2, 0) is 15.1 Å². The smallest absolute Gasteiger partial charge is 0.255 e. The van der Waals surface area contributed by atoms with Gasteiger partial charge in [-0.2, -0.15) is 0 Å². The number of nitrogens with one attached hydrogen (secondary N) is 1. The van der Waals surface area contributed by atoms with Crippen LogP contribution >= 0.6 is 0 Å². The van der Waals surface area contributed by atoms with E-state index in [1.165, 1.54) is 0 Å². The summed E-state index contributed by atoms with van der Waals surface area (Å²) in [6, 6.07) is 14.4. The van der Waals surface area contributed by atoms with Crippen molar-refractivity contribution < 1.29 is 19.1 Å². The van der Waals surface area contributed by atoms with Gasteiger partial charge in [0.05, 0.1) is 19.4 Å². The number of aromatic amines is 1. The lowest BCUT2D eigenvalue weighted by atomic mass is 9.76. The number of para-hydroxylation sites is 1. The maximum absolute atomic E-state index is 13.9. The van der Waals surface area contributed by atoms with Crippen LogP contribution in [0.3, 0.4) is 0 Å². The van der Waals surface area contributed by atoms with Crippen molar-refractivity contribution in [2.75, 3.05) is 26.8 Å². The summed E-state index contributed by atoms with van der Waals surface area (Å²) in [4.78, 5) is 34.6. The van der Waals surface area contributed by atoms with Gasteiger partial charge in [-0.05, 0) is 55.5 Å². The van der Waals surface area contributed by atoms with E-state index in [4.69, 9.17) is 9.47 Å². The van der Waals surface area contributed by atoms with Gasteiger partial charge in [-0.15, -0.1) is 0 Å². The van der Waals surface area contributed by atoms with Gasteiger partial charge in [-0.3, -0.25) is 9.59 Å². The van der Waals surface area contributed by atoms with E-state index in [-0.39, 0.29) is 30.3 Å². The average molecular weight is 474 g/mol. The molecule has 0 unspecified atom stereocenters. The van der Waals surface area contributed by atoms with Gasteiger partial charge in [-0.1, -0.05) is 31.2 Å². The molecular weight excluding hydrogens is 442 g/mol. The molecule has 1 aromatic heterocycles. The fourth-order valence-corrected chi connectivity index (χ4v) is 5.84. The van der Waals surface area contributed by atoms with Crippen molar-refractivity contribution in [3.8, 4) is 11.5 Å². The maximum Gasteiger partial charge on any atom is 0.255 e. The first-order chi connectivity index (χ1) is 17.0. The topological polar surface area (TPSA) is 74.9 Å². The molecule has 3 heterocycles. The number of carbonyl (C=O) groups is 2. The normalized spacial score (nSPS) is 23.9. The lowest BCUT2D eigenvalue weighted by Gasteiger charge is -2.51. The van der Waals surface area contributed by atoms with Crippen LogP contribution in [0.15, 0.2) is 42.5 Å². The number of aromatic nitrogens is 1. The van der Waals surface area contributed by atoms with E-state index in [2.05, 4.69) is 24.0 Å². The molecule has 2 atom stereocenters. The van der Waals surface area contributed by atoms with E-state index in [0.717, 1.165) is 47.0 Å². The third-order valence-corrected chi connectivity index (χ3v) is 7.81. The molecule has 35 heavy (non-hydrogen) atoms. The second-order valence-electron chi connectivity index (χ2n) is 10.0. The number of benzene rings is 2. The van der Waals surface area contributed by atoms with Crippen molar-refractivity contribution in [1.29, 1.82) is 0 Å². The first-order valence-corrected chi connectivity index (χ1v) is 12.5. The van der Waals surface area contributed by atoms with Crippen LogP contribution in [0.1, 0.15) is 55.8 Å². The quantitative estimate of drug-likeness (QED) is 0.583. The highest BCUT2D eigenvalue weighted by Gasteiger charge is 2.58. The highest BCUT2D eigenvalue weighted by atomic mass is 16.5. The molecule has 2 aromatic carbocycles. The second-order valence-corrected chi connectivity index (χ2v) is 10.0. The number of amides is 2. The van der Waals surface area contributed by atoms with Crippen LogP contribution in [-0.4, -0.2) is 59.4 Å². The van der Waals surface area contributed by atoms with Crippen molar-refractivity contribution in [3.05, 3.63) is 59.3 Å². The Morgan fingerprint density at radius 2 is 1.91 bits per heavy atom. The summed E-state index contributed by atoms with van der Waals surface area (Å²) in [5.41, 5.74) is 2.87. The van der Waals surface area contributed by atoms with Gasteiger partial charge in [0.25, 0.3) is 5.91 Å². The predicted molar refractivity (Wildman–Crippen MR) is 133 cm³/mol. The fourth-order valence-electron chi connectivity index (χ4n) is 5.84. The molecule has 2 fully saturated rings. The molecule has 1 saturated heterocycles. The van der Waals surface area contributed by atoms with Gasteiger partial charge in [-0.25, -0.2) is 0 Å². The number of methoxy groups -OCH3 is 1. The van der Waals surface area contributed by atoms with Crippen molar-refractivity contribution in [2.45, 2.75) is 50.6 Å². The number of rotatable bonds is 6. The number of hydrogen-bond acceptors (Lipinski definition) is 4. The number of carbonyl (C=O) groups excluding carboxylic acids is 2. The van der Waals surface area contributed by atoms with Gasteiger partial charge < -0.3 is 24.3 Å². The number of nitrogens with zero attached hydrogens (tertiary/aromatic N) is 2. The van der Waals surface area contributed by atoms with E-state index >= 15 is 0 Å². The Bertz CT molecular complexity index is 1330. The zero-order valence-corrected chi connectivity index (χ0v) is 20.5. The molecule has 0 spiro atoms. The summed E-state index contributed by atoms with van der Waals surface area (Å²) in [5.74, 6) is 1.30. The molecule has 3 aromatic rings. The van der Waals surface area contributed by atoms with E-state index < -0.39 is 5.54 Å². The molecule has 7 nitrogen and oxygen atoms in total. The van der Waals surface area contributed by atoms with Crippen LogP contribution in [0.5, 0.6) is 11.5 Å². The summed E-state index contributed by atoms with van der Waals surface area (Å²) in [5, 5.41) is 1.09. The monoisotopic (exact) mass is 473 g/mol. The van der Waals surface area contributed by atoms with Crippen LogP contribution in [0, 0.1) is 0 Å². The van der Waals surface area contributed by atoms with E-state index in [9.17, 15) is 9.59 Å². The Morgan fingerprint density at radius 1 is 1.11 bits per heavy atom. The van der Waals surface area contributed by atoms with Crippen molar-refractivity contribution in [1.82, 2.24) is 14.8 Å². The summed E-state index contributed by atoms with van der Waals surface area (Å²) in [6.45, 7) is 5.20. The van der Waals surface area contributed by atoms with Crippen LogP contribution in [0.25, 0.3) is 10.9 Å². The predicted octanol–water partition coefficient (Wildman–Crippen LogP) is 4.16. The van der Waals surface area contributed by atoms with Crippen molar-refractivity contribution >= 4 is 22.7 Å². The Kier molecular flexibility index (Phi) is 5.06. The third-order valence-electron chi connectivity index (χ3n) is 7.81. The molecule has 6 rings (SSSR count). The highest BCUT2D eigenvalue weighted by Crippen LogP contribution is 2.50. The molecule has 1 N–H and O–H groups in total. The molecule has 182 valence electrons. The molecule has 3 aliphatic rings. The zero-order chi connectivity index (χ0) is 24.3. The zero-order valence-electron chi connectivity index (χ0n) is 20.5. The third kappa shape index (κ3) is 3.24. The fraction of sp³-hybridized carbons (Fsp3) is 0.429. The van der Waals surface area contributed by atoms with Crippen LogP contribution in [0.4, 0.5) is 0 Å². The van der Waals surface area contributed by atoms with Crippen LogP contribution in [0.2, 0.25) is 0 Å². The SMILES string of the molecule is CCCOc1ccc([C@@H]2CN3C(=O)CN(C4CC4)C(=O)[C@]3(C)c3[nH]c4ccccc4c32)cc1OC. The molecule has 2 aliphatic heterocycles. The van der Waals surface area contributed by atoms with Crippen LogP contribution < -0.4 is 9.47 Å². The summed E-state index contributed by atoms with van der Waals surface area (Å²) in [7, 11) is 1.65. The van der Waals surface area contributed by atoms with E-state index in [1.54, 1.807) is 16.9 Å². The molecule has 0 bridgehead atoms. The van der Waals surface area contributed by atoms with Crippen molar-refractivity contribution in [2.24, 2.45) is 0 Å². The summed E-state index contributed by atoms with van der Waals surface area (Å²) >= 11 is 0. The minimum Gasteiger partial charge on any atom is -0.493 e. The standard InChI is InChI=1S/C28H31N3O4/c1-4-13-35-22-12-9-17(14-23(22)34-3)20-15-31-24(32)16-30(18-10-11-18)27(33)28(31,2)26-25(20)19-7-5-6-8-21(19)29-26/h5-9,12,14,18,20,29H,4,10-11,13,15-16H2,1-3H3/t20-,28-/m0/s1. The van der Waals surface area contributed by atoms with Gasteiger partial charge in [0.1, 0.15) is 6.54 Å². The highest BCUT2D eigenvalue weighted by molar-refractivity contribution is 6.01. The Hall–Kier alpha value is -3.48. The Morgan fingerprint density at radius 3 is 2.66 bits per heavy atom. The Labute approximate surface area is 205 Å². The summed E-state index contributed by atoms with van der Waals surface area (Å²) < 4.78 is 11.5. The minimum absolute atomic E-state index is 0.00294. The van der Waals surface area contributed by atoms with E-state index in [1.807, 2.05) is 37.3 Å². The van der Waals surface area contributed by atoms with Gasteiger partial charge in [0, 0.05) is 29.4 Å². The molecular formula is C28H31N3O4. The number of ether oxygens (including phenoxy) is 2. The molecule has 2 amide bonds. The Balaban J connectivity index is 1.52. The average Bonchev–Trinajstić information content (AvgIpc) is 3.64. The molecule has 1 aliphatic carbocycles. The number of H-pyrrole nitrogens is 1. The first-order valence-electron chi connectivity index (χ1n) is 12.5. The minimum atomic E-state index is -1.04. The second kappa shape index (κ2) is 8.04. The summed E-state index contributed by atoms with van der Waals surface area (Å²) in [6.07, 6.45) is 2.86. The largest absolute Gasteiger partial charge is 0.493 e. The number of hydrogen-bond donors (Lipinski definition) is 1. The van der Waals surface area contributed by atoms with Gasteiger partial charge in [0.2, 0.25) is 5.91 Å². The van der Waals surface area contributed by atoms with Crippen molar-refractivity contribution in [3.63, 3.8) is 0 Å². The van der Waals surface area contributed by atoms with Gasteiger partial charge >= 0.3 is 0 Å². The first kappa shape index (κ1) is 22.0. The lowest BCUT2D eigenvalue weighted by Crippen LogP contribution is -2.67. The van der Waals surface area contributed by atoms with Gasteiger partial charge in [0.15, 0.2) is 17.0 Å². The molecule has 0 radical (unpaired) electrons.